The van der Waals surface area contributed by atoms with E-state index in [9.17, 15) is 4.39 Å². The van der Waals surface area contributed by atoms with Crippen LogP contribution in [0.5, 0.6) is 0 Å². The summed E-state index contributed by atoms with van der Waals surface area (Å²) in [7, 11) is 0. The Kier molecular flexibility index (Phi) is 3.54. The summed E-state index contributed by atoms with van der Waals surface area (Å²) in [6, 6.07) is 13.3. The fourth-order valence-corrected chi connectivity index (χ4v) is 2.82. The molecule has 0 bridgehead atoms. The zero-order chi connectivity index (χ0) is 13.2. The Bertz CT molecular complexity index is 597. The van der Waals surface area contributed by atoms with Crippen molar-refractivity contribution >= 4 is 11.6 Å². The standard InChI is InChI=1S/C16H15ClFN/c17-14-6-5-11-8-15(9-13(11)7-14)19-10-12-3-1-2-4-16(12)18/h1-7,15,19H,8-10H2. The van der Waals surface area contributed by atoms with E-state index in [0.29, 0.717) is 12.6 Å². The van der Waals surface area contributed by atoms with Crippen molar-refractivity contribution in [3.63, 3.8) is 0 Å². The highest BCUT2D eigenvalue weighted by atomic mass is 35.5. The van der Waals surface area contributed by atoms with Crippen LogP contribution < -0.4 is 5.32 Å². The van der Waals surface area contributed by atoms with Crippen LogP contribution in [0.1, 0.15) is 16.7 Å². The molecule has 2 aromatic rings. The van der Waals surface area contributed by atoms with Gasteiger partial charge in [0.1, 0.15) is 5.82 Å². The summed E-state index contributed by atoms with van der Waals surface area (Å²) in [6.45, 7) is 0.569. The molecule has 2 aromatic carbocycles. The van der Waals surface area contributed by atoms with Crippen molar-refractivity contribution in [3.8, 4) is 0 Å². The van der Waals surface area contributed by atoms with Gasteiger partial charge in [0.15, 0.2) is 0 Å². The van der Waals surface area contributed by atoms with Crippen molar-refractivity contribution in [2.45, 2.75) is 25.4 Å². The van der Waals surface area contributed by atoms with E-state index in [1.165, 1.54) is 17.2 Å². The average molecular weight is 276 g/mol. The smallest absolute Gasteiger partial charge is 0.127 e. The molecule has 0 aliphatic heterocycles. The number of benzene rings is 2. The van der Waals surface area contributed by atoms with Gasteiger partial charge in [-0.15, -0.1) is 0 Å². The summed E-state index contributed by atoms with van der Waals surface area (Å²) >= 11 is 5.99. The molecule has 0 heterocycles. The summed E-state index contributed by atoms with van der Waals surface area (Å²) in [4.78, 5) is 0. The maximum atomic E-state index is 13.5. The molecule has 19 heavy (non-hydrogen) atoms. The average Bonchev–Trinajstić information content (AvgIpc) is 2.79. The minimum Gasteiger partial charge on any atom is -0.309 e. The maximum Gasteiger partial charge on any atom is 0.127 e. The van der Waals surface area contributed by atoms with E-state index in [-0.39, 0.29) is 5.82 Å². The Hall–Kier alpha value is -1.38. The summed E-state index contributed by atoms with van der Waals surface area (Å²) in [5, 5.41) is 4.21. The second kappa shape index (κ2) is 5.32. The fourth-order valence-electron chi connectivity index (χ4n) is 2.63. The number of hydrogen-bond acceptors (Lipinski definition) is 1. The van der Waals surface area contributed by atoms with Gasteiger partial charge in [-0.25, -0.2) is 4.39 Å². The van der Waals surface area contributed by atoms with Crippen LogP contribution in [0.2, 0.25) is 5.02 Å². The Morgan fingerprint density at radius 3 is 2.74 bits per heavy atom. The van der Waals surface area contributed by atoms with Crippen molar-refractivity contribution in [1.29, 1.82) is 0 Å². The van der Waals surface area contributed by atoms with Gasteiger partial charge in [-0.3, -0.25) is 0 Å². The van der Waals surface area contributed by atoms with Gasteiger partial charge in [-0.1, -0.05) is 35.9 Å². The molecule has 0 radical (unpaired) electrons. The molecule has 1 aliphatic carbocycles. The molecule has 0 saturated heterocycles. The van der Waals surface area contributed by atoms with Gasteiger partial charge >= 0.3 is 0 Å². The molecule has 1 N–H and O–H groups in total. The van der Waals surface area contributed by atoms with Gasteiger partial charge in [0.05, 0.1) is 0 Å². The third kappa shape index (κ3) is 2.80. The zero-order valence-corrected chi connectivity index (χ0v) is 11.3. The maximum absolute atomic E-state index is 13.5. The van der Waals surface area contributed by atoms with Crippen LogP contribution in [0.4, 0.5) is 4.39 Å². The highest BCUT2D eigenvalue weighted by Gasteiger charge is 2.21. The van der Waals surface area contributed by atoms with Gasteiger partial charge in [-0.05, 0) is 42.2 Å². The lowest BCUT2D eigenvalue weighted by molar-refractivity contribution is 0.515. The zero-order valence-electron chi connectivity index (χ0n) is 10.5. The van der Waals surface area contributed by atoms with Crippen LogP contribution in [0.25, 0.3) is 0 Å². The van der Waals surface area contributed by atoms with Crippen molar-refractivity contribution in [3.05, 3.63) is 70.0 Å². The largest absolute Gasteiger partial charge is 0.309 e. The van der Waals surface area contributed by atoms with E-state index in [2.05, 4.69) is 11.4 Å². The van der Waals surface area contributed by atoms with Crippen molar-refractivity contribution in [2.24, 2.45) is 0 Å². The first kappa shape index (κ1) is 12.6. The summed E-state index contributed by atoms with van der Waals surface area (Å²) in [5.74, 6) is -0.145. The van der Waals surface area contributed by atoms with Crippen molar-refractivity contribution < 1.29 is 4.39 Å². The van der Waals surface area contributed by atoms with E-state index in [4.69, 9.17) is 11.6 Å². The first-order chi connectivity index (χ1) is 9.22. The Morgan fingerprint density at radius 2 is 1.89 bits per heavy atom. The normalized spacial score (nSPS) is 17.5. The molecular weight excluding hydrogens is 261 g/mol. The van der Waals surface area contributed by atoms with Gasteiger partial charge < -0.3 is 5.32 Å². The second-order valence-electron chi connectivity index (χ2n) is 4.99. The molecular formula is C16H15ClFN. The quantitative estimate of drug-likeness (QED) is 0.900. The van der Waals surface area contributed by atoms with E-state index in [0.717, 1.165) is 23.4 Å². The molecule has 3 heteroatoms. The first-order valence-electron chi connectivity index (χ1n) is 6.46. The molecule has 0 spiro atoms. The van der Waals surface area contributed by atoms with Gasteiger partial charge in [0, 0.05) is 23.2 Å². The predicted octanol–water partition coefficient (Wildman–Crippen LogP) is 3.74. The Balaban J connectivity index is 1.63. The summed E-state index contributed by atoms with van der Waals surface area (Å²) < 4.78 is 13.5. The predicted molar refractivity (Wildman–Crippen MR) is 75.9 cm³/mol. The highest BCUT2D eigenvalue weighted by molar-refractivity contribution is 6.30. The third-order valence-corrected chi connectivity index (χ3v) is 3.88. The lowest BCUT2D eigenvalue weighted by atomic mass is 10.1. The number of fused-ring (bicyclic) bond motifs is 1. The van der Waals surface area contributed by atoms with Crippen LogP contribution >= 0.6 is 11.6 Å². The van der Waals surface area contributed by atoms with Crippen LogP contribution in [0, 0.1) is 5.82 Å². The molecule has 1 atom stereocenters. The van der Waals surface area contributed by atoms with Crippen LogP contribution in [0.3, 0.4) is 0 Å². The second-order valence-corrected chi connectivity index (χ2v) is 5.43. The van der Waals surface area contributed by atoms with Crippen LogP contribution in [0.15, 0.2) is 42.5 Å². The lowest BCUT2D eigenvalue weighted by Crippen LogP contribution is -2.29. The topological polar surface area (TPSA) is 12.0 Å². The Morgan fingerprint density at radius 1 is 1.11 bits per heavy atom. The molecule has 0 aromatic heterocycles. The van der Waals surface area contributed by atoms with E-state index >= 15 is 0 Å². The molecule has 1 aliphatic rings. The fraction of sp³-hybridized carbons (Fsp3) is 0.250. The molecule has 3 rings (SSSR count). The van der Waals surface area contributed by atoms with Gasteiger partial charge in [0.2, 0.25) is 0 Å². The van der Waals surface area contributed by atoms with Crippen molar-refractivity contribution in [2.75, 3.05) is 0 Å². The monoisotopic (exact) mass is 275 g/mol. The summed E-state index contributed by atoms with van der Waals surface area (Å²) in [6.07, 6.45) is 1.95. The van der Waals surface area contributed by atoms with Crippen LogP contribution in [-0.2, 0) is 19.4 Å². The number of rotatable bonds is 3. The van der Waals surface area contributed by atoms with Gasteiger partial charge in [-0.2, -0.15) is 0 Å². The number of nitrogens with one attached hydrogen (secondary N) is 1. The van der Waals surface area contributed by atoms with E-state index in [1.54, 1.807) is 6.07 Å². The van der Waals surface area contributed by atoms with Crippen LogP contribution in [-0.4, -0.2) is 6.04 Å². The van der Waals surface area contributed by atoms with E-state index < -0.39 is 0 Å². The lowest BCUT2D eigenvalue weighted by Gasteiger charge is -2.12. The number of hydrogen-bond donors (Lipinski definition) is 1. The number of halogens is 2. The SMILES string of the molecule is Fc1ccccc1CNC1Cc2ccc(Cl)cc2C1. The molecule has 0 amide bonds. The molecule has 0 fully saturated rings. The molecule has 0 saturated carbocycles. The van der Waals surface area contributed by atoms with Gasteiger partial charge in [0.25, 0.3) is 0 Å². The summed E-state index contributed by atoms with van der Waals surface area (Å²) in [5.41, 5.74) is 3.37. The van der Waals surface area contributed by atoms with Crippen molar-refractivity contribution in [1.82, 2.24) is 5.32 Å². The minimum atomic E-state index is -0.145. The van der Waals surface area contributed by atoms with E-state index in [1.807, 2.05) is 24.3 Å². The minimum absolute atomic E-state index is 0.145. The molecule has 98 valence electrons. The third-order valence-electron chi connectivity index (χ3n) is 3.64. The first-order valence-corrected chi connectivity index (χ1v) is 6.84. The molecule has 1 nitrogen and oxygen atoms in total. The molecule has 1 unspecified atom stereocenters. The Labute approximate surface area is 117 Å². The highest BCUT2D eigenvalue weighted by Crippen LogP contribution is 2.25.